The number of hydrogen-bond donors (Lipinski definition) is 2. The van der Waals surface area contributed by atoms with E-state index in [0.29, 0.717) is 11.3 Å². The van der Waals surface area contributed by atoms with Gasteiger partial charge < -0.3 is 19.6 Å². The average molecular weight is 293 g/mol. The van der Waals surface area contributed by atoms with Crippen molar-refractivity contribution in [2.75, 3.05) is 0 Å². The Hall–Kier alpha value is -2.34. The first-order valence-corrected chi connectivity index (χ1v) is 6.46. The molecule has 0 radical (unpaired) electrons. The minimum absolute atomic E-state index is 0.260. The van der Waals surface area contributed by atoms with Gasteiger partial charge in [-0.2, -0.15) is 0 Å². The second-order valence-corrected chi connectivity index (χ2v) is 4.47. The van der Waals surface area contributed by atoms with Crippen LogP contribution in [0.5, 0.6) is 5.75 Å². The van der Waals surface area contributed by atoms with Crippen LogP contribution in [0.4, 0.5) is 4.39 Å². The van der Waals surface area contributed by atoms with E-state index in [1.54, 1.807) is 19.1 Å². The van der Waals surface area contributed by atoms with Gasteiger partial charge in [-0.3, -0.25) is 4.79 Å². The summed E-state index contributed by atoms with van der Waals surface area (Å²) in [5.74, 6) is 0.105. The maximum absolute atomic E-state index is 13.1. The Labute approximate surface area is 121 Å². The molecule has 0 aliphatic carbocycles. The van der Waals surface area contributed by atoms with Crippen molar-refractivity contribution in [3.8, 4) is 5.75 Å². The van der Waals surface area contributed by atoms with Gasteiger partial charge in [0.05, 0.1) is 19.4 Å². The minimum Gasteiger partial charge on any atom is -0.481 e. The number of benzene rings is 1. The van der Waals surface area contributed by atoms with Gasteiger partial charge in [0, 0.05) is 5.56 Å². The van der Waals surface area contributed by atoms with E-state index >= 15 is 0 Å². The van der Waals surface area contributed by atoms with Crippen LogP contribution in [0.3, 0.4) is 0 Å². The van der Waals surface area contributed by atoms with E-state index in [0.717, 1.165) is 0 Å². The van der Waals surface area contributed by atoms with Crippen molar-refractivity contribution in [2.24, 2.45) is 0 Å². The maximum atomic E-state index is 13.1. The normalized spacial score (nSPS) is 12.0. The molecule has 0 fully saturated rings. The quantitative estimate of drug-likeness (QED) is 0.854. The molecule has 0 aliphatic heterocycles. The molecule has 0 spiro atoms. The molecule has 0 bridgehead atoms. The predicted molar refractivity (Wildman–Crippen MR) is 73.0 cm³/mol. The number of ether oxygens (including phenoxy) is 1. The lowest BCUT2D eigenvalue weighted by molar-refractivity contribution is -0.127. The van der Waals surface area contributed by atoms with Gasteiger partial charge in [0.25, 0.3) is 5.91 Å². The molecule has 1 aromatic carbocycles. The van der Waals surface area contributed by atoms with Gasteiger partial charge in [0.1, 0.15) is 17.3 Å². The Morgan fingerprint density at radius 1 is 1.48 bits per heavy atom. The minimum atomic E-state index is -0.782. The monoisotopic (exact) mass is 293 g/mol. The number of aliphatic hydroxyl groups excluding tert-OH is 1. The third kappa shape index (κ3) is 4.06. The Balaban J connectivity index is 1.94. The molecule has 112 valence electrons. The van der Waals surface area contributed by atoms with Crippen LogP contribution in [0.25, 0.3) is 0 Å². The Bertz CT molecular complexity index is 598. The number of rotatable bonds is 6. The zero-order valence-electron chi connectivity index (χ0n) is 11.5. The van der Waals surface area contributed by atoms with Crippen LogP contribution in [0, 0.1) is 5.82 Å². The first kappa shape index (κ1) is 15.1. The number of furan rings is 1. The van der Waals surface area contributed by atoms with E-state index in [1.165, 1.54) is 24.5 Å². The van der Waals surface area contributed by atoms with Crippen LogP contribution < -0.4 is 10.1 Å². The molecular weight excluding hydrogens is 277 g/mol. The van der Waals surface area contributed by atoms with Gasteiger partial charge in [-0.15, -0.1) is 0 Å². The summed E-state index contributed by atoms with van der Waals surface area (Å²) in [6, 6.07) is 7.24. The third-order valence-electron chi connectivity index (χ3n) is 2.88. The highest BCUT2D eigenvalue weighted by molar-refractivity contribution is 5.80. The lowest BCUT2D eigenvalue weighted by Crippen LogP contribution is -2.36. The predicted octanol–water partition coefficient (Wildman–Crippen LogP) is 1.99. The van der Waals surface area contributed by atoms with E-state index in [9.17, 15) is 9.18 Å². The molecule has 0 saturated carbocycles. The number of halogens is 1. The molecule has 1 atom stereocenters. The van der Waals surface area contributed by atoms with Crippen molar-refractivity contribution >= 4 is 5.91 Å². The summed E-state index contributed by atoms with van der Waals surface area (Å²) in [7, 11) is 0. The average Bonchev–Trinajstić information content (AvgIpc) is 2.99. The fourth-order valence-electron chi connectivity index (χ4n) is 1.76. The van der Waals surface area contributed by atoms with Crippen molar-refractivity contribution < 1.29 is 23.4 Å². The Kier molecular flexibility index (Phi) is 4.94. The van der Waals surface area contributed by atoms with Crippen LogP contribution in [-0.4, -0.2) is 17.1 Å². The lowest BCUT2D eigenvalue weighted by Gasteiger charge is -2.16. The molecule has 0 aliphatic rings. The fraction of sp³-hybridized carbons (Fsp3) is 0.267. The zero-order chi connectivity index (χ0) is 15.2. The highest BCUT2D eigenvalue weighted by Crippen LogP contribution is 2.21. The van der Waals surface area contributed by atoms with E-state index < -0.39 is 11.9 Å². The molecule has 2 rings (SSSR count). The molecule has 21 heavy (non-hydrogen) atoms. The summed E-state index contributed by atoms with van der Waals surface area (Å²) >= 11 is 0. The lowest BCUT2D eigenvalue weighted by atomic mass is 10.2. The van der Waals surface area contributed by atoms with Crippen molar-refractivity contribution in [2.45, 2.75) is 26.2 Å². The number of carbonyl (C=O) groups is 1. The number of amides is 1. The van der Waals surface area contributed by atoms with E-state index in [-0.39, 0.29) is 24.8 Å². The summed E-state index contributed by atoms with van der Waals surface area (Å²) in [6.07, 6.45) is 0.740. The first-order valence-electron chi connectivity index (χ1n) is 6.46. The second-order valence-electron chi connectivity index (χ2n) is 4.47. The van der Waals surface area contributed by atoms with Gasteiger partial charge in [0.2, 0.25) is 0 Å². The van der Waals surface area contributed by atoms with Gasteiger partial charge in [-0.25, -0.2) is 4.39 Å². The molecule has 1 unspecified atom stereocenters. The molecule has 5 nitrogen and oxygen atoms in total. The highest BCUT2D eigenvalue weighted by atomic mass is 19.1. The van der Waals surface area contributed by atoms with Gasteiger partial charge >= 0.3 is 0 Å². The second kappa shape index (κ2) is 6.90. The molecule has 1 aromatic heterocycles. The topological polar surface area (TPSA) is 71.7 Å². The van der Waals surface area contributed by atoms with Crippen molar-refractivity contribution in [1.82, 2.24) is 5.32 Å². The van der Waals surface area contributed by atoms with Crippen LogP contribution in [0.1, 0.15) is 18.2 Å². The summed E-state index contributed by atoms with van der Waals surface area (Å²) in [5, 5.41) is 11.8. The number of carbonyl (C=O) groups excluding carboxylic acids is 1. The first-order chi connectivity index (χ1) is 10.1. The van der Waals surface area contributed by atoms with Gasteiger partial charge in [0.15, 0.2) is 6.10 Å². The number of nitrogens with one attached hydrogen (secondary N) is 1. The van der Waals surface area contributed by atoms with Crippen LogP contribution in [-0.2, 0) is 17.9 Å². The molecular formula is C15H16FNO4. The van der Waals surface area contributed by atoms with Crippen molar-refractivity contribution in [1.29, 1.82) is 0 Å². The smallest absolute Gasteiger partial charge is 0.261 e. The summed E-state index contributed by atoms with van der Waals surface area (Å²) in [6.45, 7) is 1.46. The summed E-state index contributed by atoms with van der Waals surface area (Å²) < 4.78 is 23.6. The van der Waals surface area contributed by atoms with Gasteiger partial charge in [-0.1, -0.05) is 0 Å². The molecule has 2 aromatic rings. The fourth-order valence-corrected chi connectivity index (χ4v) is 1.76. The molecule has 6 heteroatoms. The number of aliphatic hydroxyl groups is 1. The van der Waals surface area contributed by atoms with E-state index in [1.807, 2.05) is 0 Å². The standard InChI is InChI=1S/C15H16FNO4/c1-10(15(19)17-8-13-3-2-6-20-13)21-14-5-4-12(16)7-11(14)9-18/h2-7,10,18H,8-9H2,1H3,(H,17,19). The Morgan fingerprint density at radius 3 is 2.95 bits per heavy atom. The maximum Gasteiger partial charge on any atom is 0.261 e. The molecule has 1 amide bonds. The van der Waals surface area contributed by atoms with Crippen LogP contribution in [0.2, 0.25) is 0 Å². The van der Waals surface area contributed by atoms with E-state index in [4.69, 9.17) is 14.3 Å². The SMILES string of the molecule is CC(Oc1ccc(F)cc1CO)C(=O)NCc1ccco1. The van der Waals surface area contributed by atoms with Crippen molar-refractivity contribution in [3.63, 3.8) is 0 Å². The largest absolute Gasteiger partial charge is 0.481 e. The summed E-state index contributed by atoms with van der Waals surface area (Å²) in [5.41, 5.74) is 0.292. The van der Waals surface area contributed by atoms with Crippen LogP contribution >= 0.6 is 0 Å². The van der Waals surface area contributed by atoms with Crippen molar-refractivity contribution in [3.05, 3.63) is 53.7 Å². The van der Waals surface area contributed by atoms with E-state index in [2.05, 4.69) is 5.32 Å². The highest BCUT2D eigenvalue weighted by Gasteiger charge is 2.16. The van der Waals surface area contributed by atoms with Crippen LogP contribution in [0.15, 0.2) is 41.0 Å². The molecule has 0 saturated heterocycles. The molecule has 2 N–H and O–H groups in total. The third-order valence-corrected chi connectivity index (χ3v) is 2.88. The number of hydrogen-bond acceptors (Lipinski definition) is 4. The molecule has 1 heterocycles. The van der Waals surface area contributed by atoms with Gasteiger partial charge in [-0.05, 0) is 37.3 Å². The summed E-state index contributed by atoms with van der Waals surface area (Å²) in [4.78, 5) is 11.9. The zero-order valence-corrected chi connectivity index (χ0v) is 11.5. The Morgan fingerprint density at radius 2 is 2.29 bits per heavy atom.